The highest BCUT2D eigenvalue weighted by atomic mass is 16.6. The van der Waals surface area contributed by atoms with E-state index in [1.165, 1.54) is 25.0 Å². The van der Waals surface area contributed by atoms with Crippen molar-refractivity contribution in [2.75, 3.05) is 31.6 Å². The van der Waals surface area contributed by atoms with Crippen molar-refractivity contribution in [3.8, 4) is 5.75 Å². The Hall–Kier alpha value is -2.93. The predicted molar refractivity (Wildman–Crippen MR) is 124 cm³/mol. The van der Waals surface area contributed by atoms with Crippen molar-refractivity contribution in [1.82, 2.24) is 4.90 Å². The van der Waals surface area contributed by atoms with Gasteiger partial charge in [-0.3, -0.25) is 19.8 Å². The number of carbonyl (C=O) groups excluding carboxylic acids is 1. The fraction of sp³-hybridized carbons (Fsp3) is 0.480. The lowest BCUT2D eigenvalue weighted by atomic mass is 9.68. The van der Waals surface area contributed by atoms with Gasteiger partial charge < -0.3 is 10.1 Å². The fourth-order valence-electron chi connectivity index (χ4n) is 4.89. The third-order valence-electron chi connectivity index (χ3n) is 6.76. The molecule has 1 aliphatic heterocycles. The van der Waals surface area contributed by atoms with Gasteiger partial charge in [-0.25, -0.2) is 0 Å². The van der Waals surface area contributed by atoms with E-state index >= 15 is 0 Å². The van der Waals surface area contributed by atoms with Crippen molar-refractivity contribution in [2.24, 2.45) is 0 Å². The molecule has 2 aliphatic rings. The zero-order chi connectivity index (χ0) is 22.4. The summed E-state index contributed by atoms with van der Waals surface area (Å²) in [6.45, 7) is 3.92. The van der Waals surface area contributed by atoms with Crippen LogP contribution in [0.2, 0.25) is 0 Å². The number of anilines is 1. The Bertz CT molecular complexity index is 915. The monoisotopic (exact) mass is 437 g/mol. The summed E-state index contributed by atoms with van der Waals surface area (Å²) < 4.78 is 5.85. The Morgan fingerprint density at radius 2 is 1.62 bits per heavy atom. The number of hydrogen-bond acceptors (Lipinski definition) is 5. The number of benzene rings is 2. The summed E-state index contributed by atoms with van der Waals surface area (Å²) in [5, 5.41) is 14.1. The van der Waals surface area contributed by atoms with Gasteiger partial charge in [0.25, 0.3) is 5.69 Å². The number of nitro benzene ring substituents is 1. The number of rotatable bonds is 8. The number of nitro groups is 1. The van der Waals surface area contributed by atoms with Gasteiger partial charge in [0.2, 0.25) is 5.91 Å². The number of carbonyl (C=O) groups is 1. The number of likely N-dealkylation sites (tertiary alicyclic amines) is 1. The maximum atomic E-state index is 13.4. The van der Waals surface area contributed by atoms with E-state index in [0.717, 1.165) is 68.7 Å². The molecule has 1 N–H and O–H groups in total. The molecule has 2 aromatic rings. The topological polar surface area (TPSA) is 84.7 Å². The molecule has 0 spiro atoms. The molecule has 1 aliphatic carbocycles. The zero-order valence-electron chi connectivity index (χ0n) is 18.4. The molecule has 1 saturated heterocycles. The summed E-state index contributed by atoms with van der Waals surface area (Å²) in [5.74, 6) is 0.749. The van der Waals surface area contributed by atoms with Crippen LogP contribution in [-0.4, -0.2) is 42.0 Å². The second kappa shape index (κ2) is 10.1. The van der Waals surface area contributed by atoms with Crippen molar-refractivity contribution >= 4 is 17.3 Å². The molecule has 4 rings (SSSR count). The molecule has 1 heterocycles. The van der Waals surface area contributed by atoms with Gasteiger partial charge >= 0.3 is 0 Å². The van der Waals surface area contributed by atoms with Gasteiger partial charge in [-0.2, -0.15) is 0 Å². The molecule has 170 valence electrons. The van der Waals surface area contributed by atoms with E-state index in [-0.39, 0.29) is 11.6 Å². The molecular weight excluding hydrogens is 406 g/mol. The molecule has 32 heavy (non-hydrogen) atoms. The first-order valence-corrected chi connectivity index (χ1v) is 11.6. The number of ether oxygens (including phenoxy) is 1. The highest BCUT2D eigenvalue weighted by Gasteiger charge is 2.41. The Labute approximate surface area is 188 Å². The lowest BCUT2D eigenvalue weighted by Gasteiger charge is -2.36. The molecular formula is C25H31N3O4. The predicted octanol–water partition coefficient (Wildman–Crippen LogP) is 4.91. The van der Waals surface area contributed by atoms with Crippen LogP contribution < -0.4 is 10.1 Å². The van der Waals surface area contributed by atoms with E-state index in [1.807, 2.05) is 24.3 Å². The number of nitrogens with zero attached hydrogens (tertiary/aromatic N) is 2. The molecule has 1 saturated carbocycles. The van der Waals surface area contributed by atoms with E-state index in [9.17, 15) is 14.9 Å². The minimum Gasteiger partial charge on any atom is -0.492 e. The molecule has 7 nitrogen and oxygen atoms in total. The molecule has 0 bridgehead atoms. The highest BCUT2D eigenvalue weighted by Crippen LogP contribution is 2.41. The first-order chi connectivity index (χ1) is 15.6. The van der Waals surface area contributed by atoms with E-state index in [2.05, 4.69) is 10.2 Å². The van der Waals surface area contributed by atoms with Crippen molar-refractivity contribution in [3.05, 3.63) is 64.2 Å². The average Bonchev–Trinajstić information content (AvgIpc) is 3.34. The van der Waals surface area contributed by atoms with Crippen LogP contribution in [-0.2, 0) is 10.2 Å². The standard InChI is InChI=1S/C25H31N3O4/c29-24(25(14-2-1-3-15-25)20-6-10-22(11-7-20)28(30)31)26-21-8-12-23(13-9-21)32-19-18-27-16-4-5-17-27/h6-13H,1-5,14-19H2,(H,26,29). The first-order valence-electron chi connectivity index (χ1n) is 11.6. The van der Waals surface area contributed by atoms with Gasteiger partial charge in [0, 0.05) is 24.4 Å². The molecule has 7 heteroatoms. The zero-order valence-corrected chi connectivity index (χ0v) is 18.4. The first kappa shape index (κ1) is 22.3. The summed E-state index contributed by atoms with van der Waals surface area (Å²) in [5.41, 5.74) is 0.967. The van der Waals surface area contributed by atoms with Gasteiger partial charge in [0.1, 0.15) is 12.4 Å². The van der Waals surface area contributed by atoms with Crippen LogP contribution in [0.25, 0.3) is 0 Å². The third kappa shape index (κ3) is 5.10. The second-order valence-electron chi connectivity index (χ2n) is 8.82. The lowest BCUT2D eigenvalue weighted by molar-refractivity contribution is -0.384. The van der Waals surface area contributed by atoms with Gasteiger partial charge in [0.15, 0.2) is 0 Å². The Balaban J connectivity index is 1.41. The molecule has 0 unspecified atom stereocenters. The maximum Gasteiger partial charge on any atom is 0.269 e. The Morgan fingerprint density at radius 3 is 2.25 bits per heavy atom. The van der Waals surface area contributed by atoms with Crippen LogP contribution in [0.3, 0.4) is 0 Å². The molecule has 0 aromatic heterocycles. The smallest absolute Gasteiger partial charge is 0.269 e. The van der Waals surface area contributed by atoms with Crippen molar-refractivity contribution in [2.45, 2.75) is 50.4 Å². The van der Waals surface area contributed by atoms with Gasteiger partial charge in [0.05, 0.1) is 10.3 Å². The van der Waals surface area contributed by atoms with Crippen LogP contribution in [0.1, 0.15) is 50.5 Å². The van der Waals surface area contributed by atoms with Crippen LogP contribution in [0.15, 0.2) is 48.5 Å². The third-order valence-corrected chi connectivity index (χ3v) is 6.76. The molecule has 1 amide bonds. The quantitative estimate of drug-likeness (QED) is 0.468. The normalized spacial score (nSPS) is 18.2. The summed E-state index contributed by atoms with van der Waals surface area (Å²) in [6.07, 6.45) is 7.07. The van der Waals surface area contributed by atoms with E-state index < -0.39 is 10.3 Å². The summed E-state index contributed by atoms with van der Waals surface area (Å²) in [7, 11) is 0. The molecule has 0 radical (unpaired) electrons. The lowest BCUT2D eigenvalue weighted by Crippen LogP contribution is -2.42. The summed E-state index contributed by atoms with van der Waals surface area (Å²) in [4.78, 5) is 26.5. The summed E-state index contributed by atoms with van der Waals surface area (Å²) in [6, 6.07) is 14.0. The Morgan fingerprint density at radius 1 is 0.969 bits per heavy atom. The van der Waals surface area contributed by atoms with Crippen LogP contribution in [0.5, 0.6) is 5.75 Å². The highest BCUT2D eigenvalue weighted by molar-refractivity contribution is 5.99. The van der Waals surface area contributed by atoms with E-state index in [1.54, 1.807) is 12.1 Å². The summed E-state index contributed by atoms with van der Waals surface area (Å²) >= 11 is 0. The minimum atomic E-state index is -0.654. The van der Waals surface area contributed by atoms with Crippen molar-refractivity contribution < 1.29 is 14.5 Å². The van der Waals surface area contributed by atoms with Crippen LogP contribution >= 0.6 is 0 Å². The average molecular weight is 438 g/mol. The molecule has 0 atom stereocenters. The van der Waals surface area contributed by atoms with Gasteiger partial charge in [-0.1, -0.05) is 31.4 Å². The SMILES string of the molecule is O=C(Nc1ccc(OCCN2CCCC2)cc1)C1(c2ccc([N+](=O)[O-])cc2)CCCCC1. The molecule has 2 fully saturated rings. The van der Waals surface area contributed by atoms with Crippen LogP contribution in [0.4, 0.5) is 11.4 Å². The number of hydrogen-bond donors (Lipinski definition) is 1. The molecule has 2 aromatic carbocycles. The van der Waals surface area contributed by atoms with E-state index in [0.29, 0.717) is 6.61 Å². The number of non-ortho nitro benzene ring substituents is 1. The largest absolute Gasteiger partial charge is 0.492 e. The minimum absolute atomic E-state index is 0.0421. The fourth-order valence-corrected chi connectivity index (χ4v) is 4.89. The van der Waals surface area contributed by atoms with Crippen LogP contribution in [0, 0.1) is 10.1 Å². The number of nitrogens with one attached hydrogen (secondary N) is 1. The maximum absolute atomic E-state index is 13.4. The second-order valence-corrected chi connectivity index (χ2v) is 8.82. The Kier molecular flexibility index (Phi) is 7.05. The van der Waals surface area contributed by atoms with Crippen molar-refractivity contribution in [3.63, 3.8) is 0 Å². The van der Waals surface area contributed by atoms with Gasteiger partial charge in [-0.15, -0.1) is 0 Å². The van der Waals surface area contributed by atoms with Gasteiger partial charge in [-0.05, 0) is 68.6 Å². The van der Waals surface area contributed by atoms with Crippen molar-refractivity contribution in [1.29, 1.82) is 0 Å². The van der Waals surface area contributed by atoms with E-state index in [4.69, 9.17) is 4.74 Å². The number of amides is 1.